The fraction of sp³-hybridized carbons (Fsp3) is 0.310. The number of carbonyl (C=O) groups is 1. The lowest BCUT2D eigenvalue weighted by molar-refractivity contribution is 0.262. The highest BCUT2D eigenvalue weighted by atomic mass is 19.1. The number of halogens is 1. The van der Waals surface area contributed by atoms with Crippen molar-refractivity contribution in [2.24, 2.45) is 11.8 Å². The second-order valence-corrected chi connectivity index (χ2v) is 10.3. The van der Waals surface area contributed by atoms with Gasteiger partial charge in [0.2, 0.25) is 5.82 Å². The molecule has 198 valence electrons. The van der Waals surface area contributed by atoms with Crippen LogP contribution in [0.1, 0.15) is 33.3 Å². The van der Waals surface area contributed by atoms with E-state index < -0.39 is 0 Å². The number of H-pyrrole nitrogens is 1. The third kappa shape index (κ3) is 6.73. The monoisotopic (exact) mass is 515 g/mol. The summed E-state index contributed by atoms with van der Waals surface area (Å²) in [5, 5.41) is 20.2. The van der Waals surface area contributed by atoms with Gasteiger partial charge in [0.25, 0.3) is 0 Å². The van der Waals surface area contributed by atoms with E-state index in [0.29, 0.717) is 45.7 Å². The highest BCUT2D eigenvalue weighted by molar-refractivity contribution is 6.02. The Morgan fingerprint density at radius 2 is 1.63 bits per heavy atom. The molecule has 3 aromatic carbocycles. The average molecular weight is 516 g/mol. The molecule has 0 aliphatic rings. The van der Waals surface area contributed by atoms with Crippen LogP contribution >= 0.6 is 0 Å². The molecule has 9 heteroatoms. The lowest BCUT2D eigenvalue weighted by Crippen LogP contribution is -2.32. The number of amides is 2. The summed E-state index contributed by atoms with van der Waals surface area (Å²) < 4.78 is 14.4. The summed E-state index contributed by atoms with van der Waals surface area (Å²) in [6, 6.07) is 17.5. The number of aromatic amines is 1. The first-order chi connectivity index (χ1) is 18.2. The predicted octanol–water partition coefficient (Wildman–Crippen LogP) is 6.74. The molecule has 0 spiro atoms. The number of tetrazole rings is 1. The second-order valence-electron chi connectivity index (χ2n) is 10.3. The van der Waals surface area contributed by atoms with Crippen molar-refractivity contribution in [1.82, 2.24) is 20.6 Å². The van der Waals surface area contributed by atoms with Crippen molar-refractivity contribution < 1.29 is 9.18 Å². The van der Waals surface area contributed by atoms with E-state index in [1.54, 1.807) is 6.07 Å². The molecule has 0 bridgehead atoms. The minimum absolute atomic E-state index is 0.358. The summed E-state index contributed by atoms with van der Waals surface area (Å²) in [7, 11) is 0. The molecule has 0 aliphatic heterocycles. The predicted molar refractivity (Wildman–Crippen MR) is 151 cm³/mol. The van der Waals surface area contributed by atoms with Crippen molar-refractivity contribution >= 4 is 23.1 Å². The van der Waals surface area contributed by atoms with Crippen LogP contribution in [0.3, 0.4) is 0 Å². The largest absolute Gasteiger partial charge is 0.369 e. The van der Waals surface area contributed by atoms with Crippen LogP contribution in [-0.2, 0) is 0 Å². The molecule has 0 saturated carbocycles. The van der Waals surface area contributed by atoms with E-state index in [-0.39, 0.29) is 11.8 Å². The number of urea groups is 1. The van der Waals surface area contributed by atoms with Crippen LogP contribution in [0.4, 0.5) is 26.2 Å². The number of benzene rings is 3. The number of rotatable bonds is 9. The number of anilines is 3. The zero-order valence-electron chi connectivity index (χ0n) is 22.4. The van der Waals surface area contributed by atoms with Gasteiger partial charge in [-0.2, -0.15) is 5.21 Å². The van der Waals surface area contributed by atoms with Crippen molar-refractivity contribution in [1.29, 1.82) is 0 Å². The Labute approximate surface area is 222 Å². The number of aryl methyl sites for hydroxylation is 1. The van der Waals surface area contributed by atoms with Gasteiger partial charge in [0, 0.05) is 24.3 Å². The molecule has 0 radical (unpaired) electrons. The number of nitrogens with zero attached hydrogens (tertiary/aromatic N) is 4. The third-order valence-electron chi connectivity index (χ3n) is 5.94. The first-order valence-corrected chi connectivity index (χ1v) is 12.8. The lowest BCUT2D eigenvalue weighted by Gasteiger charge is -2.31. The van der Waals surface area contributed by atoms with Gasteiger partial charge in [-0.15, -0.1) is 10.2 Å². The van der Waals surface area contributed by atoms with E-state index in [2.05, 4.69) is 63.9 Å². The molecule has 1 aromatic heterocycles. The Hall–Kier alpha value is -4.27. The smallest absolute Gasteiger partial charge is 0.323 e. The maximum atomic E-state index is 14.4. The molecule has 8 nitrogen and oxygen atoms in total. The van der Waals surface area contributed by atoms with Crippen LogP contribution in [0.5, 0.6) is 0 Å². The molecule has 4 aromatic rings. The molecular formula is C29H34FN7O. The number of hydrogen-bond donors (Lipinski definition) is 3. The van der Waals surface area contributed by atoms with Gasteiger partial charge in [-0.25, -0.2) is 9.18 Å². The second kappa shape index (κ2) is 11.9. The summed E-state index contributed by atoms with van der Waals surface area (Å²) in [6.45, 7) is 12.3. The Morgan fingerprint density at radius 1 is 0.921 bits per heavy atom. The Morgan fingerprint density at radius 3 is 2.26 bits per heavy atom. The third-order valence-corrected chi connectivity index (χ3v) is 5.94. The van der Waals surface area contributed by atoms with Crippen molar-refractivity contribution in [2.45, 2.75) is 34.6 Å². The quantitative estimate of drug-likeness (QED) is 0.229. The van der Waals surface area contributed by atoms with Gasteiger partial charge in [0.05, 0.1) is 11.4 Å². The zero-order valence-corrected chi connectivity index (χ0v) is 22.4. The molecule has 38 heavy (non-hydrogen) atoms. The SMILES string of the molecule is Cc1ccc(NC(=O)Nc2cc(-c3cc(F)ccc3-c3nn[nH]n3)ccc2N(CC(C)C)CC(C)C)cc1. The summed E-state index contributed by atoms with van der Waals surface area (Å²) in [5.74, 6) is 0.799. The number of hydrogen-bond acceptors (Lipinski definition) is 5. The molecule has 0 aliphatic carbocycles. The highest BCUT2D eigenvalue weighted by Crippen LogP contribution is 2.36. The molecular weight excluding hydrogens is 481 g/mol. The topological polar surface area (TPSA) is 98.8 Å². The van der Waals surface area contributed by atoms with Gasteiger partial charge in [0.1, 0.15) is 5.82 Å². The fourth-order valence-electron chi connectivity index (χ4n) is 4.38. The van der Waals surface area contributed by atoms with Gasteiger partial charge >= 0.3 is 6.03 Å². The molecule has 4 rings (SSSR count). The number of aromatic nitrogens is 4. The van der Waals surface area contributed by atoms with Crippen LogP contribution in [0.15, 0.2) is 60.7 Å². The van der Waals surface area contributed by atoms with E-state index in [0.717, 1.165) is 24.3 Å². The number of carbonyl (C=O) groups excluding carboxylic acids is 1. The van der Waals surface area contributed by atoms with Crippen molar-refractivity contribution in [3.05, 3.63) is 72.0 Å². The van der Waals surface area contributed by atoms with Crippen LogP contribution in [0.2, 0.25) is 0 Å². The van der Waals surface area contributed by atoms with E-state index in [4.69, 9.17) is 0 Å². The molecule has 3 N–H and O–H groups in total. The molecule has 0 atom stereocenters. The van der Waals surface area contributed by atoms with Gasteiger partial charge in [-0.05, 0) is 77.6 Å². The van der Waals surface area contributed by atoms with Crippen molar-refractivity contribution in [2.75, 3.05) is 28.6 Å². The van der Waals surface area contributed by atoms with Crippen molar-refractivity contribution in [3.8, 4) is 22.5 Å². The van der Waals surface area contributed by atoms with Crippen LogP contribution < -0.4 is 15.5 Å². The fourth-order valence-corrected chi connectivity index (χ4v) is 4.38. The van der Waals surface area contributed by atoms with Crippen LogP contribution in [0, 0.1) is 24.6 Å². The Balaban J connectivity index is 1.77. The first kappa shape index (κ1) is 26.8. The summed E-state index contributed by atoms with van der Waals surface area (Å²) in [6.07, 6.45) is 0. The van der Waals surface area contributed by atoms with Crippen LogP contribution in [-0.4, -0.2) is 39.7 Å². The van der Waals surface area contributed by atoms with Gasteiger partial charge in [-0.3, -0.25) is 0 Å². The standard InChI is InChI=1S/C29H34FN7O/c1-18(2)16-37(17-19(3)4)27-13-8-21(25-15-22(30)9-12-24(25)28-33-35-36-34-28)14-26(27)32-29(38)31-23-10-6-20(5)7-11-23/h6-15,18-19H,16-17H2,1-5H3,(H2,31,32,38)(H,33,34,35,36). The summed E-state index contributed by atoms with van der Waals surface area (Å²) in [5.41, 5.74) is 5.26. The first-order valence-electron chi connectivity index (χ1n) is 12.8. The number of nitrogens with one attached hydrogen (secondary N) is 3. The van der Waals surface area contributed by atoms with E-state index in [1.165, 1.54) is 12.1 Å². The average Bonchev–Trinajstić information content (AvgIpc) is 3.39. The summed E-state index contributed by atoms with van der Waals surface area (Å²) >= 11 is 0. The van der Waals surface area contributed by atoms with E-state index >= 15 is 0 Å². The molecule has 0 saturated heterocycles. The van der Waals surface area contributed by atoms with E-state index in [1.807, 2.05) is 49.4 Å². The zero-order chi connectivity index (χ0) is 27.2. The van der Waals surface area contributed by atoms with Crippen LogP contribution in [0.25, 0.3) is 22.5 Å². The highest BCUT2D eigenvalue weighted by Gasteiger charge is 2.19. The van der Waals surface area contributed by atoms with Gasteiger partial charge < -0.3 is 15.5 Å². The molecule has 0 fully saturated rings. The Kier molecular flexibility index (Phi) is 8.35. The maximum absolute atomic E-state index is 14.4. The minimum Gasteiger partial charge on any atom is -0.369 e. The van der Waals surface area contributed by atoms with E-state index in [9.17, 15) is 9.18 Å². The summed E-state index contributed by atoms with van der Waals surface area (Å²) in [4.78, 5) is 15.4. The van der Waals surface area contributed by atoms with Gasteiger partial charge in [-0.1, -0.05) is 51.5 Å². The lowest BCUT2D eigenvalue weighted by atomic mass is 9.97. The maximum Gasteiger partial charge on any atom is 0.323 e. The van der Waals surface area contributed by atoms with Crippen molar-refractivity contribution in [3.63, 3.8) is 0 Å². The minimum atomic E-state index is -0.385. The Bertz CT molecular complexity index is 1360. The normalized spacial score (nSPS) is 11.2. The molecule has 2 amide bonds. The molecule has 0 unspecified atom stereocenters. The molecule has 1 heterocycles. The van der Waals surface area contributed by atoms with Gasteiger partial charge in [0.15, 0.2) is 0 Å².